The summed E-state index contributed by atoms with van der Waals surface area (Å²) in [7, 11) is 3.48. The largest absolute Gasteiger partial charge is 0.383 e. The Hall–Kier alpha value is -1.20. The molecule has 1 atom stereocenters. The first-order valence-corrected chi connectivity index (χ1v) is 7.22. The van der Waals surface area contributed by atoms with Gasteiger partial charge in [0.1, 0.15) is 0 Å². The fourth-order valence-corrected chi connectivity index (χ4v) is 2.52. The van der Waals surface area contributed by atoms with E-state index in [1.165, 1.54) is 12.8 Å². The van der Waals surface area contributed by atoms with Crippen LogP contribution in [0, 0.1) is 11.7 Å². The van der Waals surface area contributed by atoms with Crippen molar-refractivity contribution in [2.75, 3.05) is 32.2 Å². The first kappa shape index (κ1) is 15.2. The van der Waals surface area contributed by atoms with Gasteiger partial charge in [0.05, 0.1) is 6.61 Å². The molecular formula is C15H24FN3O. The molecule has 2 rings (SSSR count). The number of anilines is 1. The van der Waals surface area contributed by atoms with Gasteiger partial charge in [-0.15, -0.1) is 0 Å². The van der Waals surface area contributed by atoms with Crippen molar-refractivity contribution in [3.05, 3.63) is 23.6 Å². The topological polar surface area (TPSA) is 37.4 Å². The lowest BCUT2D eigenvalue weighted by Gasteiger charge is -2.31. The van der Waals surface area contributed by atoms with Crippen molar-refractivity contribution in [3.8, 4) is 0 Å². The van der Waals surface area contributed by atoms with E-state index in [9.17, 15) is 4.39 Å². The number of methoxy groups -OCH3 is 1. The Bertz CT molecular complexity index is 437. The average molecular weight is 281 g/mol. The second-order valence-electron chi connectivity index (χ2n) is 5.40. The van der Waals surface area contributed by atoms with Crippen molar-refractivity contribution in [2.45, 2.75) is 32.4 Å². The maximum Gasteiger partial charge on any atom is 0.170 e. The van der Waals surface area contributed by atoms with Crippen LogP contribution in [-0.4, -0.2) is 38.3 Å². The van der Waals surface area contributed by atoms with Crippen molar-refractivity contribution >= 4 is 5.82 Å². The van der Waals surface area contributed by atoms with Crippen LogP contribution in [0.4, 0.5) is 10.2 Å². The summed E-state index contributed by atoms with van der Waals surface area (Å²) in [5.41, 5.74) is 0.655. The Morgan fingerprint density at radius 1 is 1.55 bits per heavy atom. The van der Waals surface area contributed by atoms with E-state index in [2.05, 4.69) is 22.1 Å². The minimum absolute atomic E-state index is 0.217. The van der Waals surface area contributed by atoms with Crippen LogP contribution in [0.25, 0.3) is 0 Å². The summed E-state index contributed by atoms with van der Waals surface area (Å²) in [5.74, 6) is 0.890. The standard InChI is InChI=1S/C15H24FN3O/c1-11(12-4-5-12)19(8-9-20-3)15-14(16)13(10-17-2)6-7-18-15/h6-7,11-12,17H,4-5,8-10H2,1-3H3. The van der Waals surface area contributed by atoms with Gasteiger partial charge in [0, 0.05) is 38.0 Å². The van der Waals surface area contributed by atoms with Crippen LogP contribution in [0.5, 0.6) is 0 Å². The first-order valence-electron chi connectivity index (χ1n) is 7.22. The molecule has 1 aromatic heterocycles. The molecule has 1 aromatic rings. The predicted molar refractivity (Wildman–Crippen MR) is 78.4 cm³/mol. The van der Waals surface area contributed by atoms with E-state index >= 15 is 0 Å². The van der Waals surface area contributed by atoms with Crippen LogP contribution in [0.3, 0.4) is 0 Å². The highest BCUT2D eigenvalue weighted by atomic mass is 19.1. The van der Waals surface area contributed by atoms with E-state index < -0.39 is 0 Å². The smallest absolute Gasteiger partial charge is 0.170 e. The molecule has 0 aliphatic heterocycles. The van der Waals surface area contributed by atoms with Gasteiger partial charge in [-0.25, -0.2) is 9.37 Å². The average Bonchev–Trinajstić information content (AvgIpc) is 3.27. The van der Waals surface area contributed by atoms with Gasteiger partial charge in [0.25, 0.3) is 0 Å². The molecule has 0 aromatic carbocycles. The predicted octanol–water partition coefficient (Wildman–Crippen LogP) is 2.19. The van der Waals surface area contributed by atoms with E-state index in [0.29, 0.717) is 43.0 Å². The molecule has 0 radical (unpaired) electrons. The van der Waals surface area contributed by atoms with Crippen molar-refractivity contribution in [1.82, 2.24) is 10.3 Å². The number of halogens is 1. The number of pyridine rings is 1. The number of nitrogens with zero attached hydrogens (tertiary/aromatic N) is 2. The van der Waals surface area contributed by atoms with Gasteiger partial charge < -0.3 is 15.0 Å². The Morgan fingerprint density at radius 3 is 2.90 bits per heavy atom. The molecule has 1 aliphatic carbocycles. The Balaban J connectivity index is 2.24. The highest BCUT2D eigenvalue weighted by Gasteiger charge is 2.33. The lowest BCUT2D eigenvalue weighted by molar-refractivity contribution is 0.202. The molecule has 4 nitrogen and oxygen atoms in total. The normalized spacial score (nSPS) is 16.2. The fraction of sp³-hybridized carbons (Fsp3) is 0.667. The molecule has 0 spiro atoms. The number of hydrogen-bond donors (Lipinski definition) is 1. The van der Waals surface area contributed by atoms with Crippen LogP contribution >= 0.6 is 0 Å². The van der Waals surface area contributed by atoms with E-state index in [-0.39, 0.29) is 5.82 Å². The molecule has 1 aliphatic rings. The molecule has 1 unspecified atom stereocenters. The molecule has 1 saturated carbocycles. The number of rotatable bonds is 8. The summed E-state index contributed by atoms with van der Waals surface area (Å²) in [5, 5.41) is 2.99. The van der Waals surface area contributed by atoms with Crippen LogP contribution in [0.15, 0.2) is 12.3 Å². The summed E-state index contributed by atoms with van der Waals surface area (Å²) in [6, 6.07) is 2.03. The SMILES string of the molecule is CNCc1ccnc(N(CCOC)C(C)C2CC2)c1F. The fourth-order valence-electron chi connectivity index (χ4n) is 2.52. The van der Waals surface area contributed by atoms with Crippen LogP contribution in [-0.2, 0) is 11.3 Å². The number of ether oxygens (including phenoxy) is 1. The van der Waals surface area contributed by atoms with Gasteiger partial charge in [-0.1, -0.05) is 0 Å². The molecule has 0 saturated heterocycles. The molecule has 112 valence electrons. The summed E-state index contributed by atoms with van der Waals surface area (Å²) >= 11 is 0. The minimum Gasteiger partial charge on any atom is -0.383 e. The second kappa shape index (κ2) is 6.99. The summed E-state index contributed by atoms with van der Waals surface area (Å²) in [6.45, 7) is 3.91. The van der Waals surface area contributed by atoms with Gasteiger partial charge in [-0.3, -0.25) is 0 Å². The second-order valence-corrected chi connectivity index (χ2v) is 5.40. The number of nitrogens with one attached hydrogen (secondary N) is 1. The van der Waals surface area contributed by atoms with Gasteiger partial charge in [-0.2, -0.15) is 0 Å². The zero-order valence-corrected chi connectivity index (χ0v) is 12.5. The summed E-state index contributed by atoms with van der Waals surface area (Å²) in [4.78, 5) is 6.32. The summed E-state index contributed by atoms with van der Waals surface area (Å²) in [6.07, 6.45) is 4.13. The Morgan fingerprint density at radius 2 is 2.30 bits per heavy atom. The lowest BCUT2D eigenvalue weighted by atomic mass is 10.1. The highest BCUT2D eigenvalue weighted by Crippen LogP contribution is 2.37. The maximum absolute atomic E-state index is 14.6. The molecule has 0 bridgehead atoms. The van der Waals surface area contributed by atoms with Crippen LogP contribution < -0.4 is 10.2 Å². The first-order chi connectivity index (χ1) is 9.69. The van der Waals surface area contributed by atoms with E-state index in [0.717, 1.165) is 0 Å². The van der Waals surface area contributed by atoms with Crippen LogP contribution in [0.2, 0.25) is 0 Å². The molecular weight excluding hydrogens is 257 g/mol. The maximum atomic E-state index is 14.6. The molecule has 1 fully saturated rings. The molecule has 5 heteroatoms. The summed E-state index contributed by atoms with van der Waals surface area (Å²) < 4.78 is 19.8. The highest BCUT2D eigenvalue weighted by molar-refractivity contribution is 5.44. The van der Waals surface area contributed by atoms with Crippen molar-refractivity contribution in [2.24, 2.45) is 5.92 Å². The van der Waals surface area contributed by atoms with Crippen LogP contribution in [0.1, 0.15) is 25.3 Å². The monoisotopic (exact) mass is 281 g/mol. The third-order valence-corrected chi connectivity index (χ3v) is 3.92. The van der Waals surface area contributed by atoms with E-state index in [1.807, 2.05) is 7.05 Å². The van der Waals surface area contributed by atoms with Gasteiger partial charge in [0.2, 0.25) is 0 Å². The molecule has 0 amide bonds. The van der Waals surface area contributed by atoms with E-state index in [4.69, 9.17) is 4.74 Å². The molecule has 20 heavy (non-hydrogen) atoms. The quantitative estimate of drug-likeness (QED) is 0.792. The van der Waals surface area contributed by atoms with Crippen molar-refractivity contribution in [3.63, 3.8) is 0 Å². The third kappa shape index (κ3) is 3.46. The minimum atomic E-state index is -0.217. The third-order valence-electron chi connectivity index (χ3n) is 3.92. The van der Waals surface area contributed by atoms with E-state index in [1.54, 1.807) is 19.4 Å². The lowest BCUT2D eigenvalue weighted by Crippen LogP contribution is -2.38. The van der Waals surface area contributed by atoms with Gasteiger partial charge in [0.15, 0.2) is 11.6 Å². The Labute approximate surface area is 120 Å². The number of aromatic nitrogens is 1. The molecule has 1 heterocycles. The zero-order valence-electron chi connectivity index (χ0n) is 12.5. The van der Waals surface area contributed by atoms with Crippen molar-refractivity contribution in [1.29, 1.82) is 0 Å². The van der Waals surface area contributed by atoms with Gasteiger partial charge >= 0.3 is 0 Å². The number of hydrogen-bond acceptors (Lipinski definition) is 4. The van der Waals surface area contributed by atoms with Crippen molar-refractivity contribution < 1.29 is 9.13 Å². The zero-order chi connectivity index (χ0) is 14.5. The molecule has 1 N–H and O–H groups in total. The van der Waals surface area contributed by atoms with Gasteiger partial charge in [-0.05, 0) is 38.8 Å². The Kier molecular flexibility index (Phi) is 5.31.